The molecule has 2 aliphatic heterocycles. The van der Waals surface area contributed by atoms with Crippen LogP contribution in [-0.4, -0.2) is 73.5 Å². The Bertz CT molecular complexity index is 1050. The molecular formula is C20H22F4N4O4S. The molecular weight excluding hydrogens is 468 g/mol. The fraction of sp³-hybridized carbons (Fsp3) is 0.550. The smallest absolute Gasteiger partial charge is 0.418 e. The maximum Gasteiger partial charge on any atom is 0.418 e. The molecule has 2 N–H and O–H groups in total. The number of carbonyl (C=O) groups excluding carboxylic acids is 2. The summed E-state index contributed by atoms with van der Waals surface area (Å²) in [5.74, 6) is -0.783. The van der Waals surface area contributed by atoms with E-state index in [2.05, 4.69) is 15.6 Å². The lowest BCUT2D eigenvalue weighted by molar-refractivity contribution is -0.136. The third-order valence-electron chi connectivity index (χ3n) is 5.60. The molecule has 0 bridgehead atoms. The van der Waals surface area contributed by atoms with Gasteiger partial charge in [0.2, 0.25) is 5.88 Å². The van der Waals surface area contributed by atoms with E-state index in [0.717, 1.165) is 17.4 Å². The number of carbonyl (C=O) groups is 2. The standard InChI is InChI=1S/C20H22F4N4O4S/c1-25-17(29)12-7-33-16-13(20(22,23)24)6-14(27-15(12)16)32-11-2-4-28(5-3-11)18(30)31-10-19(21)8-26-9-19/h6-7,11,26H,2-5,8-10H2,1H3,(H,25,29). The molecule has 0 radical (unpaired) electrons. The highest BCUT2D eigenvalue weighted by atomic mass is 32.1. The van der Waals surface area contributed by atoms with E-state index in [1.807, 2.05) is 0 Å². The number of fused-ring (bicyclic) bond motifs is 1. The van der Waals surface area contributed by atoms with Gasteiger partial charge >= 0.3 is 12.3 Å². The van der Waals surface area contributed by atoms with Crippen molar-refractivity contribution in [2.45, 2.75) is 30.8 Å². The molecule has 33 heavy (non-hydrogen) atoms. The predicted molar refractivity (Wildman–Crippen MR) is 111 cm³/mol. The average Bonchev–Trinajstić information content (AvgIpc) is 3.18. The van der Waals surface area contributed by atoms with E-state index >= 15 is 0 Å². The van der Waals surface area contributed by atoms with Crippen LogP contribution in [0.3, 0.4) is 0 Å². The maximum absolute atomic E-state index is 14.0. The van der Waals surface area contributed by atoms with Gasteiger partial charge in [-0.15, -0.1) is 11.3 Å². The van der Waals surface area contributed by atoms with Gasteiger partial charge in [0.15, 0.2) is 5.67 Å². The number of thiophene rings is 1. The minimum absolute atomic E-state index is 0.0401. The molecule has 2 amide bonds. The van der Waals surface area contributed by atoms with Crippen LogP contribution >= 0.6 is 11.3 Å². The molecule has 180 valence electrons. The first-order valence-electron chi connectivity index (χ1n) is 10.3. The summed E-state index contributed by atoms with van der Waals surface area (Å²) in [5.41, 5.74) is -2.49. The van der Waals surface area contributed by atoms with Gasteiger partial charge in [-0.2, -0.15) is 13.2 Å². The van der Waals surface area contributed by atoms with E-state index < -0.39 is 35.5 Å². The van der Waals surface area contributed by atoms with Crippen LogP contribution in [0.2, 0.25) is 0 Å². The third-order valence-corrected chi connectivity index (χ3v) is 6.60. The molecule has 2 saturated heterocycles. The predicted octanol–water partition coefficient (Wildman–Crippen LogP) is 2.97. The number of amides is 2. The van der Waals surface area contributed by atoms with Crippen molar-refractivity contribution < 1.29 is 36.6 Å². The van der Waals surface area contributed by atoms with Gasteiger partial charge in [0, 0.05) is 57.5 Å². The number of pyridine rings is 1. The summed E-state index contributed by atoms with van der Waals surface area (Å²) in [6.07, 6.45) is -5.09. The van der Waals surface area contributed by atoms with Gasteiger partial charge in [0.05, 0.1) is 21.3 Å². The molecule has 4 heterocycles. The molecule has 0 unspecified atom stereocenters. The minimum atomic E-state index is -4.65. The molecule has 4 rings (SSSR count). The number of likely N-dealkylation sites (tertiary alicyclic amines) is 1. The van der Waals surface area contributed by atoms with Crippen molar-refractivity contribution in [1.82, 2.24) is 20.5 Å². The van der Waals surface area contributed by atoms with Crippen molar-refractivity contribution in [3.05, 3.63) is 22.6 Å². The molecule has 2 fully saturated rings. The monoisotopic (exact) mass is 490 g/mol. The Kier molecular flexibility index (Phi) is 6.36. The number of rotatable bonds is 5. The molecule has 0 aromatic carbocycles. The number of aromatic nitrogens is 1. The second-order valence-corrected chi connectivity index (χ2v) is 8.90. The normalized spacial score (nSPS) is 18.6. The zero-order valence-corrected chi connectivity index (χ0v) is 18.4. The summed E-state index contributed by atoms with van der Waals surface area (Å²) in [6.45, 7) is 0.445. The molecule has 0 aliphatic carbocycles. The van der Waals surface area contributed by atoms with E-state index in [1.54, 1.807) is 0 Å². The van der Waals surface area contributed by atoms with Crippen LogP contribution in [0.1, 0.15) is 28.8 Å². The number of piperidine rings is 1. The molecule has 2 aliphatic rings. The fourth-order valence-electron chi connectivity index (χ4n) is 3.66. The summed E-state index contributed by atoms with van der Waals surface area (Å²) < 4.78 is 65.5. The van der Waals surface area contributed by atoms with Crippen molar-refractivity contribution in [1.29, 1.82) is 0 Å². The minimum Gasteiger partial charge on any atom is -0.474 e. The topological polar surface area (TPSA) is 92.8 Å². The van der Waals surface area contributed by atoms with Gasteiger partial charge in [0.25, 0.3) is 5.91 Å². The number of halogens is 4. The van der Waals surface area contributed by atoms with Gasteiger partial charge in [-0.3, -0.25) is 4.79 Å². The van der Waals surface area contributed by atoms with Gasteiger partial charge in [-0.05, 0) is 0 Å². The summed E-state index contributed by atoms with van der Waals surface area (Å²) in [5, 5.41) is 6.50. The number of hydrogen-bond donors (Lipinski definition) is 2. The summed E-state index contributed by atoms with van der Waals surface area (Å²) in [4.78, 5) is 29.8. The first-order chi connectivity index (χ1) is 15.6. The Morgan fingerprint density at radius 1 is 1.33 bits per heavy atom. The summed E-state index contributed by atoms with van der Waals surface area (Å²) in [6, 6.07) is 0.834. The molecule has 2 aromatic heterocycles. The summed E-state index contributed by atoms with van der Waals surface area (Å²) >= 11 is 0.794. The second-order valence-electron chi connectivity index (χ2n) is 8.03. The number of alkyl halides is 4. The molecule has 2 aromatic rings. The van der Waals surface area contributed by atoms with Crippen LogP contribution in [0.5, 0.6) is 5.88 Å². The van der Waals surface area contributed by atoms with E-state index in [4.69, 9.17) is 9.47 Å². The molecule has 8 nitrogen and oxygen atoms in total. The quantitative estimate of drug-likeness (QED) is 0.627. The zero-order chi connectivity index (χ0) is 23.8. The van der Waals surface area contributed by atoms with E-state index in [-0.39, 0.29) is 54.4 Å². The Morgan fingerprint density at radius 3 is 2.61 bits per heavy atom. The first-order valence-corrected chi connectivity index (χ1v) is 11.2. The Labute approximate surface area is 190 Å². The van der Waals surface area contributed by atoms with E-state index in [0.29, 0.717) is 12.8 Å². The number of ether oxygens (including phenoxy) is 2. The molecule has 0 saturated carbocycles. The SMILES string of the molecule is CNC(=O)c1csc2c(C(F)(F)F)cc(OC3CCN(C(=O)OCC4(F)CNC4)CC3)nc12. The van der Waals surface area contributed by atoms with Crippen LogP contribution < -0.4 is 15.4 Å². The van der Waals surface area contributed by atoms with Gasteiger partial charge in [0.1, 0.15) is 12.7 Å². The van der Waals surface area contributed by atoms with Crippen LogP contribution in [0, 0.1) is 0 Å². The Morgan fingerprint density at radius 2 is 2.03 bits per heavy atom. The van der Waals surface area contributed by atoms with Gasteiger partial charge in [-0.1, -0.05) is 0 Å². The molecule has 13 heteroatoms. The highest BCUT2D eigenvalue weighted by Gasteiger charge is 2.39. The third kappa shape index (κ3) is 4.98. The highest BCUT2D eigenvalue weighted by Crippen LogP contribution is 2.40. The van der Waals surface area contributed by atoms with Gasteiger partial charge < -0.3 is 25.0 Å². The zero-order valence-electron chi connectivity index (χ0n) is 17.6. The maximum atomic E-state index is 14.0. The summed E-state index contributed by atoms with van der Waals surface area (Å²) in [7, 11) is 1.38. The van der Waals surface area contributed by atoms with Crippen LogP contribution in [0.15, 0.2) is 11.4 Å². The number of hydrogen-bond acceptors (Lipinski definition) is 7. The van der Waals surface area contributed by atoms with Crippen molar-refractivity contribution in [3.8, 4) is 5.88 Å². The van der Waals surface area contributed by atoms with Gasteiger partial charge in [-0.25, -0.2) is 14.2 Å². The molecule has 0 atom stereocenters. The van der Waals surface area contributed by atoms with Crippen LogP contribution in [0.4, 0.5) is 22.4 Å². The average molecular weight is 490 g/mol. The lowest BCUT2D eigenvalue weighted by Crippen LogP contribution is -2.59. The van der Waals surface area contributed by atoms with E-state index in [1.165, 1.54) is 17.3 Å². The van der Waals surface area contributed by atoms with Crippen LogP contribution in [-0.2, 0) is 10.9 Å². The Balaban J connectivity index is 1.43. The first kappa shape index (κ1) is 23.5. The van der Waals surface area contributed by atoms with Crippen molar-refractivity contribution >= 4 is 33.6 Å². The molecule has 0 spiro atoms. The van der Waals surface area contributed by atoms with Crippen molar-refractivity contribution in [2.24, 2.45) is 0 Å². The van der Waals surface area contributed by atoms with E-state index in [9.17, 15) is 27.2 Å². The lowest BCUT2D eigenvalue weighted by Gasteiger charge is -2.36. The number of nitrogens with one attached hydrogen (secondary N) is 2. The fourth-order valence-corrected chi connectivity index (χ4v) is 4.68. The number of nitrogens with zero attached hydrogens (tertiary/aromatic N) is 2. The lowest BCUT2D eigenvalue weighted by atomic mass is 10.0. The second kappa shape index (κ2) is 8.93. The highest BCUT2D eigenvalue weighted by molar-refractivity contribution is 7.17. The van der Waals surface area contributed by atoms with Crippen molar-refractivity contribution in [2.75, 3.05) is 39.8 Å². The van der Waals surface area contributed by atoms with Crippen molar-refractivity contribution in [3.63, 3.8) is 0 Å². The Hall–Kier alpha value is -2.67. The largest absolute Gasteiger partial charge is 0.474 e. The van der Waals surface area contributed by atoms with Crippen LogP contribution in [0.25, 0.3) is 10.2 Å².